The molecule has 0 saturated carbocycles. The minimum Gasteiger partial charge on any atom is -0.495 e. The summed E-state index contributed by atoms with van der Waals surface area (Å²) in [6.07, 6.45) is 0. The minimum atomic E-state index is -0.282. The highest BCUT2D eigenvalue weighted by Crippen LogP contribution is 2.23. The lowest BCUT2D eigenvalue weighted by Crippen LogP contribution is -2.39. The summed E-state index contributed by atoms with van der Waals surface area (Å²) in [4.78, 5) is 14.4. The summed E-state index contributed by atoms with van der Waals surface area (Å²) in [6, 6.07) is 14.7. The Morgan fingerprint density at radius 1 is 1.22 bits per heavy atom. The molecule has 1 atom stereocenters. The molecule has 4 nitrogen and oxygen atoms in total. The molecule has 2 aromatic carbocycles. The highest BCUT2D eigenvalue weighted by atomic mass is 35.5. The van der Waals surface area contributed by atoms with E-state index in [2.05, 4.69) is 5.32 Å². The zero-order valence-corrected chi connectivity index (χ0v) is 14.3. The molecule has 23 heavy (non-hydrogen) atoms. The number of para-hydroxylation sites is 2. The number of hydrogen-bond acceptors (Lipinski definition) is 3. The lowest BCUT2D eigenvalue weighted by atomic mass is 10.2. The molecule has 0 fully saturated rings. The van der Waals surface area contributed by atoms with Crippen LogP contribution < -0.4 is 10.1 Å². The van der Waals surface area contributed by atoms with Crippen molar-refractivity contribution in [3.05, 3.63) is 59.1 Å². The fourth-order valence-corrected chi connectivity index (χ4v) is 2.33. The Morgan fingerprint density at radius 3 is 2.52 bits per heavy atom. The van der Waals surface area contributed by atoms with Gasteiger partial charge in [0.25, 0.3) is 0 Å². The second-order valence-corrected chi connectivity index (χ2v) is 5.84. The van der Waals surface area contributed by atoms with Crippen molar-refractivity contribution in [2.24, 2.45) is 0 Å². The Balaban J connectivity index is 1.99. The van der Waals surface area contributed by atoms with E-state index >= 15 is 0 Å². The molecule has 0 saturated heterocycles. The normalized spacial score (nSPS) is 12.0. The number of halogens is 1. The molecule has 0 radical (unpaired) electrons. The van der Waals surface area contributed by atoms with Crippen molar-refractivity contribution in [1.29, 1.82) is 0 Å². The average Bonchev–Trinajstić information content (AvgIpc) is 2.56. The van der Waals surface area contributed by atoms with Gasteiger partial charge in [-0.05, 0) is 43.8 Å². The number of likely N-dealkylation sites (N-methyl/N-ethyl adjacent to an activating group) is 1. The van der Waals surface area contributed by atoms with Crippen molar-refractivity contribution in [2.75, 3.05) is 19.5 Å². The Labute approximate surface area is 142 Å². The van der Waals surface area contributed by atoms with Crippen LogP contribution in [0.1, 0.15) is 12.5 Å². The molecular formula is C18H21ClN2O2. The molecule has 0 heterocycles. The third kappa shape index (κ3) is 4.71. The molecule has 0 bridgehead atoms. The predicted molar refractivity (Wildman–Crippen MR) is 94.0 cm³/mol. The second kappa shape index (κ2) is 7.99. The maximum Gasteiger partial charge on any atom is 0.241 e. The number of methoxy groups -OCH3 is 1. The van der Waals surface area contributed by atoms with Gasteiger partial charge in [0.15, 0.2) is 0 Å². The van der Waals surface area contributed by atoms with Crippen LogP contribution in [0.15, 0.2) is 48.5 Å². The fourth-order valence-electron chi connectivity index (χ4n) is 2.20. The van der Waals surface area contributed by atoms with Gasteiger partial charge in [-0.25, -0.2) is 0 Å². The SMILES string of the molecule is COc1ccccc1NC(=O)[C@@H](C)N(C)Cc1ccc(Cl)cc1. The van der Waals surface area contributed by atoms with Crippen molar-refractivity contribution in [3.63, 3.8) is 0 Å². The molecule has 0 aromatic heterocycles. The smallest absolute Gasteiger partial charge is 0.241 e. The summed E-state index contributed by atoms with van der Waals surface area (Å²) in [6.45, 7) is 2.54. The lowest BCUT2D eigenvalue weighted by molar-refractivity contribution is -0.120. The lowest BCUT2D eigenvalue weighted by Gasteiger charge is -2.24. The number of nitrogens with one attached hydrogen (secondary N) is 1. The third-order valence-corrected chi connectivity index (χ3v) is 4.00. The molecule has 0 aliphatic carbocycles. The van der Waals surface area contributed by atoms with Crippen molar-refractivity contribution in [3.8, 4) is 5.75 Å². The number of rotatable bonds is 6. The number of amides is 1. The highest BCUT2D eigenvalue weighted by molar-refractivity contribution is 6.30. The maximum atomic E-state index is 12.4. The molecule has 5 heteroatoms. The maximum absolute atomic E-state index is 12.4. The Hall–Kier alpha value is -2.04. The van der Waals surface area contributed by atoms with E-state index in [4.69, 9.17) is 16.3 Å². The molecule has 0 aliphatic heterocycles. The van der Waals surface area contributed by atoms with Crippen LogP contribution in [-0.2, 0) is 11.3 Å². The zero-order chi connectivity index (χ0) is 16.8. The highest BCUT2D eigenvalue weighted by Gasteiger charge is 2.19. The van der Waals surface area contributed by atoms with Gasteiger partial charge in [0, 0.05) is 11.6 Å². The van der Waals surface area contributed by atoms with E-state index in [0.717, 1.165) is 5.56 Å². The van der Waals surface area contributed by atoms with Crippen LogP contribution in [0.25, 0.3) is 0 Å². The topological polar surface area (TPSA) is 41.6 Å². The van der Waals surface area contributed by atoms with E-state index in [1.807, 2.05) is 67.4 Å². The van der Waals surface area contributed by atoms with Gasteiger partial charge >= 0.3 is 0 Å². The summed E-state index contributed by atoms with van der Waals surface area (Å²) in [5, 5.41) is 3.62. The molecular weight excluding hydrogens is 312 g/mol. The van der Waals surface area contributed by atoms with E-state index in [-0.39, 0.29) is 11.9 Å². The van der Waals surface area contributed by atoms with Crippen molar-refractivity contribution < 1.29 is 9.53 Å². The van der Waals surface area contributed by atoms with Gasteiger partial charge < -0.3 is 10.1 Å². The molecule has 0 aliphatic rings. The summed E-state index contributed by atoms with van der Waals surface area (Å²) in [5.74, 6) is 0.569. The number of carbonyl (C=O) groups excluding carboxylic acids is 1. The van der Waals surface area contributed by atoms with E-state index in [0.29, 0.717) is 23.0 Å². The van der Waals surface area contributed by atoms with Gasteiger partial charge in [-0.3, -0.25) is 9.69 Å². The summed E-state index contributed by atoms with van der Waals surface area (Å²) >= 11 is 5.89. The van der Waals surface area contributed by atoms with E-state index in [1.54, 1.807) is 7.11 Å². The van der Waals surface area contributed by atoms with E-state index in [1.165, 1.54) is 0 Å². The van der Waals surface area contributed by atoms with E-state index in [9.17, 15) is 4.79 Å². The number of anilines is 1. The quantitative estimate of drug-likeness (QED) is 0.874. The van der Waals surface area contributed by atoms with Gasteiger partial charge in [0.1, 0.15) is 5.75 Å². The molecule has 0 spiro atoms. The Morgan fingerprint density at radius 2 is 1.87 bits per heavy atom. The first-order valence-corrected chi connectivity index (χ1v) is 7.77. The summed E-state index contributed by atoms with van der Waals surface area (Å²) in [7, 11) is 3.50. The number of carbonyl (C=O) groups is 1. The van der Waals surface area contributed by atoms with Gasteiger partial charge in [-0.2, -0.15) is 0 Å². The van der Waals surface area contributed by atoms with Crippen molar-refractivity contribution in [2.45, 2.75) is 19.5 Å². The predicted octanol–water partition coefficient (Wildman–Crippen LogP) is 3.81. The number of ether oxygens (including phenoxy) is 1. The first-order chi connectivity index (χ1) is 11.0. The Kier molecular flexibility index (Phi) is 6.02. The third-order valence-electron chi connectivity index (χ3n) is 3.75. The number of hydrogen-bond donors (Lipinski definition) is 1. The van der Waals surface area contributed by atoms with Crippen LogP contribution in [0.3, 0.4) is 0 Å². The standard InChI is InChI=1S/C18H21ClN2O2/c1-13(21(2)12-14-8-10-15(19)11-9-14)18(22)20-16-6-4-5-7-17(16)23-3/h4-11,13H,12H2,1-3H3,(H,20,22)/t13-/m1/s1. The largest absolute Gasteiger partial charge is 0.495 e. The summed E-state index contributed by atoms with van der Waals surface area (Å²) < 4.78 is 5.25. The molecule has 0 unspecified atom stereocenters. The molecule has 2 aromatic rings. The van der Waals surface area contributed by atoms with Gasteiger partial charge in [-0.15, -0.1) is 0 Å². The monoisotopic (exact) mass is 332 g/mol. The van der Waals surface area contributed by atoms with E-state index < -0.39 is 0 Å². The van der Waals surface area contributed by atoms with Crippen LogP contribution >= 0.6 is 11.6 Å². The fraction of sp³-hybridized carbons (Fsp3) is 0.278. The van der Waals surface area contributed by atoms with Crippen molar-refractivity contribution >= 4 is 23.2 Å². The molecule has 2 rings (SSSR count). The van der Waals surface area contributed by atoms with Crippen LogP contribution in [0.5, 0.6) is 5.75 Å². The Bertz CT molecular complexity index is 658. The van der Waals surface area contributed by atoms with Crippen LogP contribution in [0, 0.1) is 0 Å². The van der Waals surface area contributed by atoms with Crippen LogP contribution in [0.4, 0.5) is 5.69 Å². The number of benzene rings is 2. The van der Waals surface area contributed by atoms with Gasteiger partial charge in [0.2, 0.25) is 5.91 Å². The van der Waals surface area contributed by atoms with Crippen molar-refractivity contribution in [1.82, 2.24) is 4.90 Å². The molecule has 1 N–H and O–H groups in total. The van der Waals surface area contributed by atoms with Crippen LogP contribution in [0.2, 0.25) is 5.02 Å². The molecule has 122 valence electrons. The van der Waals surface area contributed by atoms with Gasteiger partial charge in [-0.1, -0.05) is 35.9 Å². The average molecular weight is 333 g/mol. The first-order valence-electron chi connectivity index (χ1n) is 7.40. The second-order valence-electron chi connectivity index (χ2n) is 5.41. The van der Waals surface area contributed by atoms with Gasteiger partial charge in [0.05, 0.1) is 18.8 Å². The van der Waals surface area contributed by atoms with Crippen LogP contribution in [-0.4, -0.2) is 31.0 Å². The zero-order valence-electron chi connectivity index (χ0n) is 13.5. The number of nitrogens with zero attached hydrogens (tertiary/aromatic N) is 1. The minimum absolute atomic E-state index is 0.0778. The summed E-state index contributed by atoms with van der Waals surface area (Å²) in [5.41, 5.74) is 1.78. The first kappa shape index (κ1) is 17.3. The molecule has 1 amide bonds.